The summed E-state index contributed by atoms with van der Waals surface area (Å²) in [7, 11) is 1.25. The Kier molecular flexibility index (Phi) is 6.60. The maximum absolute atomic E-state index is 11.6. The topological polar surface area (TPSA) is 55.4 Å². The molecule has 0 saturated heterocycles. The van der Waals surface area contributed by atoms with Crippen molar-refractivity contribution in [3.05, 3.63) is 30.3 Å². The van der Waals surface area contributed by atoms with Gasteiger partial charge in [-0.05, 0) is 12.1 Å². The Morgan fingerprint density at radius 3 is 2.61 bits per heavy atom. The molecule has 0 aliphatic carbocycles. The lowest BCUT2D eigenvalue weighted by molar-refractivity contribution is -0.118. The van der Waals surface area contributed by atoms with Gasteiger partial charge in [-0.1, -0.05) is 18.2 Å². The first-order chi connectivity index (χ1) is 8.67. The average molecular weight is 288 g/mol. The molecule has 1 rings (SSSR count). The van der Waals surface area contributed by atoms with E-state index >= 15 is 0 Å². The molecule has 0 aromatic heterocycles. The minimum atomic E-state index is -0.639. The third kappa shape index (κ3) is 4.98. The summed E-state index contributed by atoms with van der Waals surface area (Å²) < 4.78 is 4.47. The monoisotopic (exact) mass is 287 g/mol. The number of Topliss-reactive ketones (excluding diaryl/α,β-unsaturated/α-hetero) is 1. The zero-order valence-corrected chi connectivity index (χ0v) is 11.5. The van der Waals surface area contributed by atoms with Crippen molar-refractivity contribution in [2.75, 3.05) is 18.7 Å². The number of thioether (sulfide) groups is 1. The number of alkyl halides is 1. The number of hydrogen-bond donors (Lipinski definition) is 1. The number of amides is 1. The van der Waals surface area contributed by atoms with Crippen LogP contribution in [0.25, 0.3) is 0 Å². The Balaban J connectivity index is 2.56. The lowest BCUT2D eigenvalue weighted by Gasteiger charge is -2.15. The minimum absolute atomic E-state index is 0.135. The Bertz CT molecular complexity index is 400. The normalized spacial score (nSPS) is 11.7. The van der Waals surface area contributed by atoms with Crippen LogP contribution in [0.2, 0.25) is 0 Å². The van der Waals surface area contributed by atoms with Crippen molar-refractivity contribution >= 4 is 35.2 Å². The van der Waals surface area contributed by atoms with E-state index in [1.54, 1.807) is 0 Å². The maximum atomic E-state index is 11.6. The average Bonchev–Trinajstić information content (AvgIpc) is 2.43. The fraction of sp³-hybridized carbons (Fsp3) is 0.333. The highest BCUT2D eigenvalue weighted by Gasteiger charge is 2.20. The van der Waals surface area contributed by atoms with Crippen molar-refractivity contribution in [2.45, 2.75) is 10.9 Å². The van der Waals surface area contributed by atoms with Crippen LogP contribution in [-0.2, 0) is 9.53 Å². The van der Waals surface area contributed by atoms with E-state index in [1.807, 2.05) is 30.3 Å². The van der Waals surface area contributed by atoms with Gasteiger partial charge >= 0.3 is 6.09 Å². The van der Waals surface area contributed by atoms with E-state index in [2.05, 4.69) is 10.1 Å². The molecule has 0 radical (unpaired) electrons. The van der Waals surface area contributed by atoms with Crippen molar-refractivity contribution in [1.29, 1.82) is 0 Å². The SMILES string of the molecule is COC(=O)NC(CSc1ccccc1)C(=O)CCl. The molecule has 1 unspecified atom stereocenters. The van der Waals surface area contributed by atoms with Crippen LogP contribution in [0.1, 0.15) is 0 Å². The van der Waals surface area contributed by atoms with E-state index in [0.29, 0.717) is 5.75 Å². The van der Waals surface area contributed by atoms with Crippen LogP contribution in [0.4, 0.5) is 4.79 Å². The molecule has 4 nitrogen and oxygen atoms in total. The number of carbonyl (C=O) groups excluding carboxylic acids is 2. The van der Waals surface area contributed by atoms with Crippen molar-refractivity contribution in [2.24, 2.45) is 0 Å². The molecular weight excluding hydrogens is 274 g/mol. The highest BCUT2D eigenvalue weighted by atomic mass is 35.5. The van der Waals surface area contributed by atoms with E-state index < -0.39 is 12.1 Å². The van der Waals surface area contributed by atoms with E-state index in [1.165, 1.54) is 18.9 Å². The van der Waals surface area contributed by atoms with Gasteiger partial charge < -0.3 is 10.1 Å². The van der Waals surface area contributed by atoms with Gasteiger partial charge in [0.1, 0.15) is 6.04 Å². The predicted molar refractivity (Wildman–Crippen MR) is 72.2 cm³/mol. The van der Waals surface area contributed by atoms with Gasteiger partial charge in [0.15, 0.2) is 5.78 Å². The molecule has 1 N–H and O–H groups in total. The molecule has 1 aromatic rings. The van der Waals surface area contributed by atoms with Gasteiger partial charge in [0, 0.05) is 10.6 Å². The number of rotatable bonds is 6. The number of alkyl carbamates (subject to hydrolysis) is 1. The van der Waals surface area contributed by atoms with Gasteiger partial charge in [0.05, 0.1) is 13.0 Å². The molecule has 1 atom stereocenters. The molecule has 0 aliphatic rings. The first kappa shape index (κ1) is 14.9. The van der Waals surface area contributed by atoms with Crippen LogP contribution in [-0.4, -0.2) is 36.7 Å². The Hall–Kier alpha value is -1.20. The van der Waals surface area contributed by atoms with Crippen molar-refractivity contribution in [3.8, 4) is 0 Å². The molecule has 0 heterocycles. The van der Waals surface area contributed by atoms with Crippen LogP contribution in [0, 0.1) is 0 Å². The Morgan fingerprint density at radius 1 is 1.39 bits per heavy atom. The molecule has 6 heteroatoms. The minimum Gasteiger partial charge on any atom is -0.453 e. The number of benzene rings is 1. The van der Waals surface area contributed by atoms with Crippen molar-refractivity contribution in [1.82, 2.24) is 5.32 Å². The zero-order chi connectivity index (χ0) is 13.4. The summed E-state index contributed by atoms with van der Waals surface area (Å²) in [5, 5.41) is 2.47. The molecule has 98 valence electrons. The summed E-state index contributed by atoms with van der Waals surface area (Å²) in [6.45, 7) is 0. The van der Waals surface area contributed by atoms with E-state index in [-0.39, 0.29) is 11.7 Å². The lowest BCUT2D eigenvalue weighted by atomic mass is 10.2. The molecule has 18 heavy (non-hydrogen) atoms. The third-order valence-electron chi connectivity index (χ3n) is 2.16. The largest absolute Gasteiger partial charge is 0.453 e. The van der Waals surface area contributed by atoms with Gasteiger partial charge in [-0.2, -0.15) is 0 Å². The standard InChI is InChI=1S/C12H14ClNO3S/c1-17-12(16)14-10(11(15)7-13)8-18-9-5-3-2-4-6-9/h2-6,10H,7-8H2,1H3,(H,14,16). The van der Waals surface area contributed by atoms with Crippen LogP contribution >= 0.6 is 23.4 Å². The number of ketones is 1. The summed E-state index contributed by atoms with van der Waals surface area (Å²) in [4.78, 5) is 23.7. The highest BCUT2D eigenvalue weighted by molar-refractivity contribution is 7.99. The summed E-state index contributed by atoms with van der Waals surface area (Å²) >= 11 is 6.98. The number of hydrogen-bond acceptors (Lipinski definition) is 4. The van der Waals surface area contributed by atoms with Crippen LogP contribution in [0.15, 0.2) is 35.2 Å². The lowest BCUT2D eigenvalue weighted by Crippen LogP contribution is -2.43. The second-order valence-corrected chi connectivity index (χ2v) is 4.77. The van der Waals surface area contributed by atoms with Gasteiger partial charge in [0.2, 0.25) is 0 Å². The number of halogens is 1. The smallest absolute Gasteiger partial charge is 0.407 e. The second kappa shape index (κ2) is 8.00. The molecule has 0 saturated carbocycles. The van der Waals surface area contributed by atoms with E-state index in [0.717, 1.165) is 4.90 Å². The number of ether oxygens (including phenoxy) is 1. The number of nitrogens with one attached hydrogen (secondary N) is 1. The molecule has 0 bridgehead atoms. The van der Waals surface area contributed by atoms with E-state index in [4.69, 9.17) is 11.6 Å². The summed E-state index contributed by atoms with van der Waals surface area (Å²) in [6, 6.07) is 8.97. The number of methoxy groups -OCH3 is 1. The van der Waals surface area contributed by atoms with Gasteiger partial charge in [-0.25, -0.2) is 4.79 Å². The first-order valence-electron chi connectivity index (χ1n) is 5.28. The summed E-state index contributed by atoms with van der Waals surface area (Å²) in [5.74, 6) is 0.0554. The molecule has 0 aliphatic heterocycles. The van der Waals surface area contributed by atoms with Crippen LogP contribution in [0.5, 0.6) is 0 Å². The van der Waals surface area contributed by atoms with Crippen molar-refractivity contribution in [3.63, 3.8) is 0 Å². The Morgan fingerprint density at radius 2 is 2.06 bits per heavy atom. The molecule has 1 amide bonds. The van der Waals surface area contributed by atoms with Gasteiger partial charge in [-0.15, -0.1) is 23.4 Å². The third-order valence-corrected chi connectivity index (χ3v) is 3.53. The van der Waals surface area contributed by atoms with Gasteiger partial charge in [0.25, 0.3) is 0 Å². The second-order valence-electron chi connectivity index (χ2n) is 3.41. The maximum Gasteiger partial charge on any atom is 0.407 e. The number of carbonyl (C=O) groups is 2. The zero-order valence-electron chi connectivity index (χ0n) is 9.89. The predicted octanol–water partition coefficient (Wildman–Crippen LogP) is 2.31. The first-order valence-corrected chi connectivity index (χ1v) is 6.80. The molecule has 0 spiro atoms. The van der Waals surface area contributed by atoms with Crippen LogP contribution < -0.4 is 5.32 Å². The van der Waals surface area contributed by atoms with Crippen molar-refractivity contribution < 1.29 is 14.3 Å². The van der Waals surface area contributed by atoms with Gasteiger partial charge in [-0.3, -0.25) is 4.79 Å². The molecular formula is C12H14ClNO3S. The van der Waals surface area contributed by atoms with Crippen LogP contribution in [0.3, 0.4) is 0 Å². The fourth-order valence-corrected chi connectivity index (χ4v) is 2.37. The summed E-state index contributed by atoms with van der Waals surface area (Å²) in [6.07, 6.45) is -0.632. The molecule has 1 aromatic carbocycles. The molecule has 0 fully saturated rings. The van der Waals surface area contributed by atoms with E-state index in [9.17, 15) is 9.59 Å². The quantitative estimate of drug-likeness (QED) is 0.644. The summed E-state index contributed by atoms with van der Waals surface area (Å²) in [5.41, 5.74) is 0. The fourth-order valence-electron chi connectivity index (χ4n) is 1.21. The highest BCUT2D eigenvalue weighted by Crippen LogP contribution is 2.18. The Labute approximate surface area is 115 Å².